The molecule has 1 aliphatic rings. The first-order valence-corrected chi connectivity index (χ1v) is 8.86. The summed E-state index contributed by atoms with van der Waals surface area (Å²) in [7, 11) is 4.01. The maximum atomic E-state index is 11.7. The van der Waals surface area contributed by atoms with Crippen molar-refractivity contribution in [2.45, 2.75) is 24.9 Å². The Morgan fingerprint density at radius 1 is 1.20 bits per heavy atom. The van der Waals surface area contributed by atoms with Crippen molar-refractivity contribution in [1.82, 2.24) is 4.90 Å². The lowest BCUT2D eigenvalue weighted by Gasteiger charge is -2.32. The highest BCUT2D eigenvalue weighted by Crippen LogP contribution is 2.36. The fourth-order valence-corrected chi connectivity index (χ4v) is 3.77. The molecule has 4 nitrogen and oxygen atoms in total. The van der Waals surface area contributed by atoms with Crippen molar-refractivity contribution in [2.24, 2.45) is 0 Å². The molecule has 132 valence electrons. The highest BCUT2D eigenvalue weighted by atomic mass is 35.5. The number of carboxylic acids is 1. The molecule has 2 aromatic rings. The first kappa shape index (κ1) is 17.8. The van der Waals surface area contributed by atoms with E-state index in [1.807, 2.05) is 43.3 Å². The van der Waals surface area contributed by atoms with Crippen LogP contribution in [-0.2, 0) is 4.79 Å². The molecule has 2 aromatic carbocycles. The molecular weight excluding hydrogens is 336 g/mol. The fraction of sp³-hybridized carbons (Fsp3) is 0.350. The summed E-state index contributed by atoms with van der Waals surface area (Å²) >= 11 is 6.21. The minimum atomic E-state index is -0.755. The number of aliphatic carboxylic acids is 1. The highest BCUT2D eigenvalue weighted by molar-refractivity contribution is 6.30. The van der Waals surface area contributed by atoms with Crippen LogP contribution in [0.1, 0.15) is 30.0 Å². The monoisotopic (exact) mass is 358 g/mol. The van der Waals surface area contributed by atoms with Crippen LogP contribution < -0.4 is 4.90 Å². The number of likely N-dealkylation sites (tertiary alicyclic amines) is 1. The second-order valence-electron chi connectivity index (χ2n) is 6.68. The zero-order chi connectivity index (χ0) is 18.0. The Kier molecular flexibility index (Phi) is 5.30. The standard InChI is InChI=1S/C20H23ClN2O2/c1-22(2)17-10-8-14(9-11-17)19(15-5-3-6-16(21)13-15)23-12-4-7-18(23)20(24)25/h3,5-6,8-11,13,18-19H,4,7,12H2,1-2H3,(H,24,25). The van der Waals surface area contributed by atoms with E-state index in [9.17, 15) is 9.90 Å². The smallest absolute Gasteiger partial charge is 0.320 e. The Morgan fingerprint density at radius 3 is 2.52 bits per heavy atom. The molecule has 0 spiro atoms. The number of rotatable bonds is 5. The van der Waals surface area contributed by atoms with Gasteiger partial charge in [0.1, 0.15) is 6.04 Å². The molecule has 2 unspecified atom stereocenters. The Labute approximate surface area is 153 Å². The van der Waals surface area contributed by atoms with E-state index in [1.165, 1.54) is 0 Å². The second kappa shape index (κ2) is 7.46. The lowest BCUT2D eigenvalue weighted by atomic mass is 9.96. The van der Waals surface area contributed by atoms with Gasteiger partial charge in [-0.2, -0.15) is 0 Å². The summed E-state index contributed by atoms with van der Waals surface area (Å²) in [6.07, 6.45) is 1.58. The van der Waals surface area contributed by atoms with E-state index >= 15 is 0 Å². The van der Waals surface area contributed by atoms with E-state index < -0.39 is 12.0 Å². The third-order valence-corrected chi connectivity index (χ3v) is 5.04. The summed E-state index contributed by atoms with van der Waals surface area (Å²) in [5, 5.41) is 10.3. The van der Waals surface area contributed by atoms with E-state index in [2.05, 4.69) is 29.2 Å². The molecule has 25 heavy (non-hydrogen) atoms. The van der Waals surface area contributed by atoms with Crippen LogP contribution >= 0.6 is 11.6 Å². The maximum absolute atomic E-state index is 11.7. The molecule has 0 aliphatic carbocycles. The molecule has 1 heterocycles. The Morgan fingerprint density at radius 2 is 1.92 bits per heavy atom. The summed E-state index contributed by atoms with van der Waals surface area (Å²) in [6, 6.07) is 15.4. The van der Waals surface area contributed by atoms with Gasteiger partial charge in [0, 0.05) is 31.4 Å². The Balaban J connectivity index is 2.04. The number of benzene rings is 2. The van der Waals surface area contributed by atoms with Gasteiger partial charge in [0.15, 0.2) is 0 Å². The normalized spacial score (nSPS) is 18.9. The first-order valence-electron chi connectivity index (χ1n) is 8.48. The molecule has 2 atom stereocenters. The van der Waals surface area contributed by atoms with Crippen molar-refractivity contribution in [3.05, 3.63) is 64.7 Å². The lowest BCUT2D eigenvalue weighted by molar-refractivity contribution is -0.142. The van der Waals surface area contributed by atoms with Crippen LogP contribution in [0, 0.1) is 0 Å². The minimum Gasteiger partial charge on any atom is -0.480 e. The van der Waals surface area contributed by atoms with Crippen LogP contribution in [0.3, 0.4) is 0 Å². The van der Waals surface area contributed by atoms with Crippen LogP contribution in [0.4, 0.5) is 5.69 Å². The number of nitrogens with zero attached hydrogens (tertiary/aromatic N) is 2. The zero-order valence-electron chi connectivity index (χ0n) is 14.5. The number of anilines is 1. The van der Waals surface area contributed by atoms with Gasteiger partial charge in [0.2, 0.25) is 0 Å². The molecular formula is C20H23ClN2O2. The van der Waals surface area contributed by atoms with Gasteiger partial charge in [-0.05, 0) is 48.2 Å². The largest absolute Gasteiger partial charge is 0.480 e. The highest BCUT2D eigenvalue weighted by Gasteiger charge is 2.36. The second-order valence-corrected chi connectivity index (χ2v) is 7.11. The van der Waals surface area contributed by atoms with Gasteiger partial charge in [-0.1, -0.05) is 35.9 Å². The van der Waals surface area contributed by atoms with Gasteiger partial charge < -0.3 is 10.0 Å². The third kappa shape index (κ3) is 3.80. The summed E-state index contributed by atoms with van der Waals surface area (Å²) in [6.45, 7) is 0.767. The predicted molar refractivity (Wildman–Crippen MR) is 101 cm³/mol. The van der Waals surface area contributed by atoms with Gasteiger partial charge in [-0.15, -0.1) is 0 Å². The van der Waals surface area contributed by atoms with Gasteiger partial charge >= 0.3 is 5.97 Å². The molecule has 3 rings (SSSR count). The Bertz CT molecular complexity index is 746. The van der Waals surface area contributed by atoms with Crippen molar-refractivity contribution < 1.29 is 9.90 Å². The Hall–Kier alpha value is -2.04. The average molecular weight is 359 g/mol. The van der Waals surface area contributed by atoms with Crippen molar-refractivity contribution in [3.63, 3.8) is 0 Å². The van der Waals surface area contributed by atoms with Crippen molar-refractivity contribution >= 4 is 23.3 Å². The quantitative estimate of drug-likeness (QED) is 0.875. The molecule has 0 aromatic heterocycles. The van der Waals surface area contributed by atoms with Crippen molar-refractivity contribution in [2.75, 3.05) is 25.5 Å². The molecule has 1 fully saturated rings. The molecule has 0 radical (unpaired) electrons. The fourth-order valence-electron chi connectivity index (χ4n) is 3.57. The zero-order valence-corrected chi connectivity index (χ0v) is 15.3. The topological polar surface area (TPSA) is 43.8 Å². The molecule has 5 heteroatoms. The van der Waals surface area contributed by atoms with E-state index in [1.54, 1.807) is 0 Å². The van der Waals surface area contributed by atoms with Gasteiger partial charge in [-0.25, -0.2) is 0 Å². The van der Waals surface area contributed by atoms with Crippen LogP contribution in [-0.4, -0.2) is 42.7 Å². The van der Waals surface area contributed by atoms with Gasteiger partial charge in [0.25, 0.3) is 0 Å². The maximum Gasteiger partial charge on any atom is 0.320 e. The molecule has 1 N–H and O–H groups in total. The van der Waals surface area contributed by atoms with Crippen LogP contribution in [0.5, 0.6) is 0 Å². The number of halogens is 1. The molecule has 0 saturated carbocycles. The summed E-state index contributed by atoms with van der Waals surface area (Å²) < 4.78 is 0. The SMILES string of the molecule is CN(C)c1ccc(C(c2cccc(Cl)c2)N2CCCC2C(=O)O)cc1. The first-order chi connectivity index (χ1) is 12.0. The van der Waals surface area contributed by atoms with Crippen LogP contribution in [0.15, 0.2) is 48.5 Å². The van der Waals surface area contributed by atoms with Crippen LogP contribution in [0.2, 0.25) is 5.02 Å². The summed E-state index contributed by atoms with van der Waals surface area (Å²) in [5.41, 5.74) is 3.23. The van der Waals surface area contributed by atoms with E-state index in [0.717, 1.165) is 29.8 Å². The number of hydrogen-bond acceptors (Lipinski definition) is 3. The summed E-state index contributed by atoms with van der Waals surface area (Å²) in [5.74, 6) is -0.755. The molecule has 0 bridgehead atoms. The summed E-state index contributed by atoms with van der Waals surface area (Å²) in [4.78, 5) is 15.8. The van der Waals surface area contributed by atoms with E-state index in [0.29, 0.717) is 11.4 Å². The number of hydrogen-bond donors (Lipinski definition) is 1. The number of carbonyl (C=O) groups is 1. The lowest BCUT2D eigenvalue weighted by Crippen LogP contribution is -2.39. The predicted octanol–water partition coefficient (Wildman–Crippen LogP) is 4.04. The average Bonchev–Trinajstić information content (AvgIpc) is 3.05. The van der Waals surface area contributed by atoms with Crippen molar-refractivity contribution in [1.29, 1.82) is 0 Å². The van der Waals surface area contributed by atoms with E-state index in [4.69, 9.17) is 11.6 Å². The third-order valence-electron chi connectivity index (χ3n) is 4.80. The molecule has 0 amide bonds. The molecule has 1 saturated heterocycles. The van der Waals surface area contributed by atoms with Crippen molar-refractivity contribution in [3.8, 4) is 0 Å². The molecule has 1 aliphatic heterocycles. The van der Waals surface area contributed by atoms with Gasteiger partial charge in [0.05, 0.1) is 6.04 Å². The van der Waals surface area contributed by atoms with Gasteiger partial charge in [-0.3, -0.25) is 9.69 Å². The van der Waals surface area contributed by atoms with E-state index in [-0.39, 0.29) is 6.04 Å². The van der Waals surface area contributed by atoms with Crippen LogP contribution in [0.25, 0.3) is 0 Å². The number of carboxylic acid groups (broad SMARTS) is 1. The minimum absolute atomic E-state index is 0.112.